The SMILES string of the molecule is c1ccc(Sc2ccc3ccccc3c2C2=NCCc3ccccc32)cc1. The lowest BCUT2D eigenvalue weighted by atomic mass is 9.91. The Morgan fingerprint density at radius 2 is 1.48 bits per heavy atom. The average Bonchev–Trinajstić information content (AvgIpc) is 2.74. The Morgan fingerprint density at radius 3 is 2.41 bits per heavy atom. The molecule has 0 unspecified atom stereocenters. The van der Waals surface area contributed by atoms with Gasteiger partial charge in [-0.25, -0.2) is 0 Å². The summed E-state index contributed by atoms with van der Waals surface area (Å²) in [6.45, 7) is 0.852. The molecule has 0 bridgehead atoms. The summed E-state index contributed by atoms with van der Waals surface area (Å²) < 4.78 is 0. The van der Waals surface area contributed by atoms with Crippen LogP contribution in [0.5, 0.6) is 0 Å². The molecule has 27 heavy (non-hydrogen) atoms. The van der Waals surface area contributed by atoms with E-state index in [9.17, 15) is 0 Å². The largest absolute Gasteiger partial charge is 0.284 e. The van der Waals surface area contributed by atoms with E-state index in [1.807, 2.05) is 11.8 Å². The molecule has 0 saturated carbocycles. The summed E-state index contributed by atoms with van der Waals surface area (Å²) in [5.74, 6) is 0. The zero-order chi connectivity index (χ0) is 18.1. The second-order valence-corrected chi connectivity index (χ2v) is 7.83. The van der Waals surface area contributed by atoms with E-state index in [0.29, 0.717) is 0 Å². The highest BCUT2D eigenvalue weighted by molar-refractivity contribution is 7.99. The number of rotatable bonds is 3. The van der Waals surface area contributed by atoms with Crippen LogP contribution >= 0.6 is 11.8 Å². The Bertz CT molecular complexity index is 1150. The molecule has 0 aromatic heterocycles. The van der Waals surface area contributed by atoms with Crippen LogP contribution in [0.25, 0.3) is 10.8 Å². The van der Waals surface area contributed by atoms with Gasteiger partial charge in [0.05, 0.1) is 5.71 Å². The molecule has 0 spiro atoms. The van der Waals surface area contributed by atoms with Crippen LogP contribution < -0.4 is 0 Å². The molecule has 0 fully saturated rings. The van der Waals surface area contributed by atoms with E-state index >= 15 is 0 Å². The maximum Gasteiger partial charge on any atom is 0.0739 e. The van der Waals surface area contributed by atoms with Crippen LogP contribution in [0.3, 0.4) is 0 Å². The summed E-state index contributed by atoms with van der Waals surface area (Å²) in [7, 11) is 0. The van der Waals surface area contributed by atoms with Gasteiger partial charge in [0.15, 0.2) is 0 Å². The van der Waals surface area contributed by atoms with E-state index in [4.69, 9.17) is 4.99 Å². The van der Waals surface area contributed by atoms with Crippen molar-refractivity contribution in [2.75, 3.05) is 6.54 Å². The van der Waals surface area contributed by atoms with Crippen molar-refractivity contribution in [2.24, 2.45) is 4.99 Å². The molecule has 0 atom stereocenters. The molecule has 1 aliphatic heterocycles. The highest BCUT2D eigenvalue weighted by Gasteiger charge is 2.20. The maximum atomic E-state index is 5.00. The van der Waals surface area contributed by atoms with E-state index in [0.717, 1.165) is 18.7 Å². The van der Waals surface area contributed by atoms with E-state index in [1.54, 1.807) is 0 Å². The summed E-state index contributed by atoms with van der Waals surface area (Å²) in [4.78, 5) is 7.51. The minimum Gasteiger partial charge on any atom is -0.284 e. The first kappa shape index (κ1) is 16.3. The molecule has 2 heteroatoms. The summed E-state index contributed by atoms with van der Waals surface area (Å²) >= 11 is 1.82. The van der Waals surface area contributed by atoms with Crippen LogP contribution in [-0.4, -0.2) is 12.3 Å². The lowest BCUT2D eigenvalue weighted by molar-refractivity contribution is 0.943. The predicted molar refractivity (Wildman–Crippen MR) is 115 cm³/mol. The Hall–Kier alpha value is -2.84. The van der Waals surface area contributed by atoms with Gasteiger partial charge >= 0.3 is 0 Å². The Morgan fingerprint density at radius 1 is 0.704 bits per heavy atom. The van der Waals surface area contributed by atoms with Gasteiger partial charge in [0.2, 0.25) is 0 Å². The highest BCUT2D eigenvalue weighted by atomic mass is 32.2. The highest BCUT2D eigenvalue weighted by Crippen LogP contribution is 2.37. The number of aliphatic imine (C=N–C) groups is 1. The molecule has 1 heterocycles. The smallest absolute Gasteiger partial charge is 0.0739 e. The summed E-state index contributed by atoms with van der Waals surface area (Å²) in [5.41, 5.74) is 5.06. The third-order valence-corrected chi connectivity index (χ3v) is 6.09. The third kappa shape index (κ3) is 3.07. The van der Waals surface area contributed by atoms with Crippen molar-refractivity contribution in [1.29, 1.82) is 0 Å². The van der Waals surface area contributed by atoms with Crippen LogP contribution in [0.4, 0.5) is 0 Å². The molecule has 0 amide bonds. The first-order valence-corrected chi connectivity index (χ1v) is 10.1. The Kier molecular flexibility index (Phi) is 4.27. The first-order chi connectivity index (χ1) is 13.4. The van der Waals surface area contributed by atoms with Crippen molar-refractivity contribution >= 4 is 28.2 Å². The number of fused-ring (bicyclic) bond motifs is 2. The fourth-order valence-corrected chi connectivity index (χ4v) is 4.74. The fourth-order valence-electron chi connectivity index (χ4n) is 3.75. The van der Waals surface area contributed by atoms with Crippen LogP contribution in [-0.2, 0) is 6.42 Å². The maximum absolute atomic E-state index is 5.00. The molecule has 0 aliphatic carbocycles. The minimum atomic E-state index is 0.852. The van der Waals surface area contributed by atoms with E-state index in [2.05, 4.69) is 91.0 Å². The van der Waals surface area contributed by atoms with E-state index in [1.165, 1.54) is 37.3 Å². The van der Waals surface area contributed by atoms with Crippen molar-refractivity contribution in [3.8, 4) is 0 Å². The summed E-state index contributed by atoms with van der Waals surface area (Å²) in [5, 5.41) is 2.53. The molecule has 0 N–H and O–H groups in total. The second-order valence-electron chi connectivity index (χ2n) is 6.71. The number of hydrogen-bond donors (Lipinski definition) is 0. The lowest BCUT2D eigenvalue weighted by Crippen LogP contribution is -2.15. The third-order valence-electron chi connectivity index (χ3n) is 5.02. The van der Waals surface area contributed by atoms with Crippen molar-refractivity contribution in [2.45, 2.75) is 16.2 Å². The number of hydrogen-bond acceptors (Lipinski definition) is 2. The molecule has 1 aliphatic rings. The van der Waals surface area contributed by atoms with Gasteiger partial charge < -0.3 is 0 Å². The average molecular weight is 366 g/mol. The zero-order valence-corrected chi connectivity index (χ0v) is 15.7. The van der Waals surface area contributed by atoms with Crippen LogP contribution in [0, 0.1) is 0 Å². The van der Waals surface area contributed by atoms with Gasteiger partial charge in [-0.3, -0.25) is 4.99 Å². The Labute approximate surface area is 163 Å². The van der Waals surface area contributed by atoms with Gasteiger partial charge in [-0.1, -0.05) is 84.6 Å². The van der Waals surface area contributed by atoms with Gasteiger partial charge in [0.1, 0.15) is 0 Å². The predicted octanol–water partition coefficient (Wildman–Crippen LogP) is 6.38. The topological polar surface area (TPSA) is 12.4 Å². The number of nitrogens with zero attached hydrogens (tertiary/aromatic N) is 1. The second kappa shape index (κ2) is 7.05. The van der Waals surface area contributed by atoms with Crippen molar-refractivity contribution < 1.29 is 0 Å². The molecule has 0 saturated heterocycles. The van der Waals surface area contributed by atoms with Crippen molar-refractivity contribution in [1.82, 2.24) is 0 Å². The van der Waals surface area contributed by atoms with Crippen molar-refractivity contribution in [3.63, 3.8) is 0 Å². The molecular weight excluding hydrogens is 346 g/mol. The van der Waals surface area contributed by atoms with E-state index < -0.39 is 0 Å². The van der Waals surface area contributed by atoms with Gasteiger partial charge in [-0.15, -0.1) is 0 Å². The van der Waals surface area contributed by atoms with Crippen LogP contribution in [0.1, 0.15) is 16.7 Å². The van der Waals surface area contributed by atoms with Crippen molar-refractivity contribution in [3.05, 3.63) is 108 Å². The molecular formula is C25H19NS. The standard InChI is InChI=1S/C25H19NS/c1-2-10-20(11-3-1)27-23-15-14-18-8-4-6-12-21(18)24(23)25-22-13-7-5-9-19(22)16-17-26-25/h1-15H,16-17H2. The molecule has 4 aromatic carbocycles. The normalized spacial score (nSPS) is 13.3. The molecule has 4 aromatic rings. The van der Waals surface area contributed by atoms with E-state index in [-0.39, 0.29) is 0 Å². The van der Waals surface area contributed by atoms with Gasteiger partial charge in [0, 0.05) is 27.5 Å². The van der Waals surface area contributed by atoms with Crippen LogP contribution in [0.2, 0.25) is 0 Å². The quantitative estimate of drug-likeness (QED) is 0.410. The lowest BCUT2D eigenvalue weighted by Gasteiger charge is -2.21. The van der Waals surface area contributed by atoms with Crippen LogP contribution in [0.15, 0.2) is 106 Å². The zero-order valence-electron chi connectivity index (χ0n) is 14.9. The number of benzene rings is 4. The summed E-state index contributed by atoms with van der Waals surface area (Å²) in [6.07, 6.45) is 1.02. The molecule has 5 rings (SSSR count). The first-order valence-electron chi connectivity index (χ1n) is 9.28. The summed E-state index contributed by atoms with van der Waals surface area (Å²) in [6, 6.07) is 32.4. The Balaban J connectivity index is 1.74. The van der Waals surface area contributed by atoms with Gasteiger partial charge in [-0.05, 0) is 41.0 Å². The van der Waals surface area contributed by atoms with Gasteiger partial charge in [0.25, 0.3) is 0 Å². The minimum absolute atomic E-state index is 0.852. The molecule has 1 nitrogen and oxygen atoms in total. The molecule has 0 radical (unpaired) electrons. The fraction of sp³-hybridized carbons (Fsp3) is 0.0800. The molecule has 130 valence electrons. The van der Waals surface area contributed by atoms with Gasteiger partial charge in [-0.2, -0.15) is 0 Å². The monoisotopic (exact) mass is 365 g/mol.